The Kier molecular flexibility index (Phi) is 3.49. The molecule has 0 saturated heterocycles. The summed E-state index contributed by atoms with van der Waals surface area (Å²) in [7, 11) is 0. The first-order chi connectivity index (χ1) is 11.9. The van der Waals surface area contributed by atoms with E-state index in [0.29, 0.717) is 17.1 Å². The van der Waals surface area contributed by atoms with Crippen LogP contribution in [0.25, 0.3) is 16.9 Å². The quantitative estimate of drug-likeness (QED) is 0.637. The third kappa shape index (κ3) is 2.73. The first-order valence-corrected chi connectivity index (χ1v) is 7.69. The van der Waals surface area contributed by atoms with E-state index in [1.54, 1.807) is 0 Å². The Labute approximate surface area is 142 Å². The van der Waals surface area contributed by atoms with E-state index in [0.717, 1.165) is 29.2 Å². The van der Waals surface area contributed by atoms with Crippen molar-refractivity contribution in [3.05, 3.63) is 65.9 Å². The third-order valence-corrected chi connectivity index (χ3v) is 4.20. The number of aryl methyl sites for hydroxylation is 1. The summed E-state index contributed by atoms with van der Waals surface area (Å²) in [4.78, 5) is 0. The molecule has 3 aromatic rings. The molecule has 1 aliphatic heterocycles. The van der Waals surface area contributed by atoms with Gasteiger partial charge in [0.2, 0.25) is 6.79 Å². The number of benzene rings is 2. The summed E-state index contributed by atoms with van der Waals surface area (Å²) in [6.45, 7) is 2.13. The van der Waals surface area contributed by atoms with Crippen LogP contribution in [0, 0.1) is 6.92 Å². The lowest BCUT2D eigenvalue weighted by atomic mass is 10.1. The van der Waals surface area contributed by atoms with E-state index in [2.05, 4.69) is 0 Å². The molecule has 0 saturated carbocycles. The maximum atomic E-state index is 12.8. The van der Waals surface area contributed by atoms with Gasteiger partial charge in [0, 0.05) is 17.4 Å². The Morgan fingerprint density at radius 1 is 0.880 bits per heavy atom. The summed E-state index contributed by atoms with van der Waals surface area (Å²) in [6, 6.07) is 14.6. The fraction of sp³-hybridized carbons (Fsp3) is 0.158. The molecule has 0 aliphatic carbocycles. The van der Waals surface area contributed by atoms with Crippen LogP contribution in [0.4, 0.5) is 13.2 Å². The molecule has 0 unspecified atom stereocenters. The zero-order chi connectivity index (χ0) is 17.6. The van der Waals surface area contributed by atoms with E-state index in [1.807, 2.05) is 41.8 Å². The number of hydrogen-bond donors (Lipinski definition) is 0. The lowest BCUT2D eigenvalue weighted by molar-refractivity contribution is -0.137. The highest BCUT2D eigenvalue weighted by Crippen LogP contribution is 2.36. The second kappa shape index (κ2) is 5.58. The fourth-order valence-corrected chi connectivity index (χ4v) is 2.96. The van der Waals surface area contributed by atoms with E-state index < -0.39 is 11.7 Å². The molecule has 1 aliphatic rings. The van der Waals surface area contributed by atoms with Crippen LogP contribution >= 0.6 is 0 Å². The highest BCUT2D eigenvalue weighted by molar-refractivity contribution is 5.65. The van der Waals surface area contributed by atoms with E-state index >= 15 is 0 Å². The summed E-state index contributed by atoms with van der Waals surface area (Å²) in [6.07, 6.45) is -4.34. The summed E-state index contributed by atoms with van der Waals surface area (Å²) in [5.41, 5.74) is 2.69. The molecular formula is C19H14F3NO2. The molecular weight excluding hydrogens is 331 g/mol. The van der Waals surface area contributed by atoms with Crippen molar-refractivity contribution in [3.8, 4) is 28.4 Å². The molecule has 6 heteroatoms. The summed E-state index contributed by atoms with van der Waals surface area (Å²) >= 11 is 0. The van der Waals surface area contributed by atoms with Crippen LogP contribution in [0.3, 0.4) is 0 Å². The molecule has 2 aromatic carbocycles. The number of nitrogens with zero attached hydrogens (tertiary/aromatic N) is 1. The minimum Gasteiger partial charge on any atom is -0.454 e. The van der Waals surface area contributed by atoms with Crippen molar-refractivity contribution in [1.82, 2.24) is 4.57 Å². The highest BCUT2D eigenvalue weighted by atomic mass is 19.4. The Morgan fingerprint density at radius 3 is 2.32 bits per heavy atom. The second-order valence-electron chi connectivity index (χ2n) is 5.81. The van der Waals surface area contributed by atoms with Crippen molar-refractivity contribution in [2.45, 2.75) is 13.1 Å². The van der Waals surface area contributed by atoms with Gasteiger partial charge >= 0.3 is 6.18 Å². The molecule has 25 heavy (non-hydrogen) atoms. The van der Waals surface area contributed by atoms with E-state index in [-0.39, 0.29) is 6.79 Å². The van der Waals surface area contributed by atoms with Crippen molar-refractivity contribution in [3.63, 3.8) is 0 Å². The van der Waals surface area contributed by atoms with Crippen molar-refractivity contribution < 1.29 is 22.6 Å². The number of alkyl halides is 3. The Hall–Kier alpha value is -2.89. The molecule has 0 bridgehead atoms. The Morgan fingerprint density at radius 2 is 1.60 bits per heavy atom. The van der Waals surface area contributed by atoms with Crippen molar-refractivity contribution in [2.75, 3.05) is 6.79 Å². The average molecular weight is 345 g/mol. The topological polar surface area (TPSA) is 23.4 Å². The first kappa shape index (κ1) is 15.6. The van der Waals surface area contributed by atoms with Crippen LogP contribution in [-0.2, 0) is 6.18 Å². The molecule has 2 heterocycles. The van der Waals surface area contributed by atoms with Gasteiger partial charge in [0.05, 0.1) is 11.3 Å². The number of ether oxygens (including phenoxy) is 2. The monoisotopic (exact) mass is 345 g/mol. The van der Waals surface area contributed by atoms with Crippen molar-refractivity contribution in [2.24, 2.45) is 0 Å². The lowest BCUT2D eigenvalue weighted by Crippen LogP contribution is -2.04. The number of halogens is 3. The van der Waals surface area contributed by atoms with Crippen LogP contribution in [0.1, 0.15) is 11.3 Å². The predicted molar refractivity (Wildman–Crippen MR) is 87.1 cm³/mol. The van der Waals surface area contributed by atoms with Gasteiger partial charge in [-0.1, -0.05) is 12.1 Å². The summed E-state index contributed by atoms with van der Waals surface area (Å²) in [5, 5.41) is 0. The minimum absolute atomic E-state index is 0.190. The number of aromatic nitrogens is 1. The molecule has 1 aromatic heterocycles. The smallest absolute Gasteiger partial charge is 0.416 e. The molecule has 128 valence electrons. The van der Waals surface area contributed by atoms with Crippen LogP contribution in [0.5, 0.6) is 11.5 Å². The molecule has 0 N–H and O–H groups in total. The number of rotatable bonds is 2. The maximum absolute atomic E-state index is 12.8. The highest BCUT2D eigenvalue weighted by Gasteiger charge is 2.30. The van der Waals surface area contributed by atoms with Crippen molar-refractivity contribution >= 4 is 0 Å². The molecule has 0 amide bonds. The van der Waals surface area contributed by atoms with E-state index in [1.165, 1.54) is 12.1 Å². The molecule has 0 spiro atoms. The van der Waals surface area contributed by atoms with Gasteiger partial charge in [-0.25, -0.2) is 0 Å². The summed E-state index contributed by atoms with van der Waals surface area (Å²) in [5.74, 6) is 1.34. The Bertz CT molecular complexity index is 927. The van der Waals surface area contributed by atoms with Gasteiger partial charge in [0.25, 0.3) is 0 Å². The molecule has 4 rings (SSSR count). The van der Waals surface area contributed by atoms with Gasteiger partial charge in [-0.3, -0.25) is 0 Å². The fourth-order valence-electron chi connectivity index (χ4n) is 2.96. The Balaban J connectivity index is 1.78. The SMILES string of the molecule is Cc1ccc(-c2ccc(C(F)(F)F)cc2)n1-c1ccc2c(c1)OCO2. The molecule has 0 fully saturated rings. The van der Waals surface area contributed by atoms with Gasteiger partial charge in [0.1, 0.15) is 0 Å². The first-order valence-electron chi connectivity index (χ1n) is 7.69. The number of hydrogen-bond acceptors (Lipinski definition) is 2. The van der Waals surface area contributed by atoms with Gasteiger partial charge in [-0.05, 0) is 48.9 Å². The number of fused-ring (bicyclic) bond motifs is 1. The van der Waals surface area contributed by atoms with Gasteiger partial charge in [-0.2, -0.15) is 13.2 Å². The standard InChI is InChI=1S/C19H14F3NO2/c1-12-2-8-16(13-3-5-14(6-4-13)19(20,21)22)23(12)15-7-9-17-18(10-15)25-11-24-17/h2-10H,11H2,1H3. The largest absolute Gasteiger partial charge is 0.454 e. The molecule has 0 atom stereocenters. The maximum Gasteiger partial charge on any atom is 0.416 e. The van der Waals surface area contributed by atoms with Gasteiger partial charge in [0.15, 0.2) is 11.5 Å². The summed E-state index contributed by atoms with van der Waals surface area (Å²) < 4.78 is 51.0. The van der Waals surface area contributed by atoms with Crippen molar-refractivity contribution in [1.29, 1.82) is 0 Å². The second-order valence-corrected chi connectivity index (χ2v) is 5.81. The lowest BCUT2D eigenvalue weighted by Gasteiger charge is -2.13. The molecule has 3 nitrogen and oxygen atoms in total. The predicted octanol–water partition coefficient (Wildman–Crippen LogP) is 5.20. The van der Waals surface area contributed by atoms with Gasteiger partial charge in [-0.15, -0.1) is 0 Å². The zero-order valence-corrected chi connectivity index (χ0v) is 13.3. The normalized spacial score (nSPS) is 13.3. The van der Waals surface area contributed by atoms with Crippen LogP contribution in [-0.4, -0.2) is 11.4 Å². The van der Waals surface area contributed by atoms with Crippen LogP contribution in [0.15, 0.2) is 54.6 Å². The molecule has 0 radical (unpaired) electrons. The van der Waals surface area contributed by atoms with E-state index in [9.17, 15) is 13.2 Å². The van der Waals surface area contributed by atoms with Crippen LogP contribution in [0.2, 0.25) is 0 Å². The zero-order valence-electron chi connectivity index (χ0n) is 13.3. The van der Waals surface area contributed by atoms with Crippen LogP contribution < -0.4 is 9.47 Å². The van der Waals surface area contributed by atoms with E-state index in [4.69, 9.17) is 9.47 Å². The average Bonchev–Trinajstić information content (AvgIpc) is 3.19. The third-order valence-electron chi connectivity index (χ3n) is 4.20. The minimum atomic E-state index is -4.34. The van der Waals surface area contributed by atoms with Gasteiger partial charge < -0.3 is 14.0 Å².